The van der Waals surface area contributed by atoms with Crippen molar-refractivity contribution in [2.24, 2.45) is 0 Å². The van der Waals surface area contributed by atoms with Gasteiger partial charge in [-0.2, -0.15) is 0 Å². The van der Waals surface area contributed by atoms with Crippen molar-refractivity contribution in [3.8, 4) is 0 Å². The molecule has 0 aromatic carbocycles. The number of carbonyl (C=O) groups is 2. The average molecular weight is 321 g/mol. The molecule has 1 aromatic heterocycles. The Labute approximate surface area is 135 Å². The van der Waals surface area contributed by atoms with Crippen LogP contribution in [-0.4, -0.2) is 65.7 Å². The summed E-state index contributed by atoms with van der Waals surface area (Å²) in [5, 5.41) is 3.90. The summed E-state index contributed by atoms with van der Waals surface area (Å²) in [6, 6.07) is 1.78. The van der Waals surface area contributed by atoms with Crippen molar-refractivity contribution in [2.45, 2.75) is 44.8 Å². The molecule has 2 fully saturated rings. The molecule has 0 unspecified atom stereocenters. The number of carbonyl (C=O) groups excluding carboxylic acids is 2. The topological polar surface area (TPSA) is 75.9 Å². The highest BCUT2D eigenvalue weighted by Crippen LogP contribution is 2.24. The Morgan fingerprint density at radius 3 is 2.96 bits per heavy atom. The number of ether oxygens (including phenoxy) is 1. The van der Waals surface area contributed by atoms with Crippen LogP contribution in [0.5, 0.6) is 0 Å². The third-order valence-electron chi connectivity index (χ3n) is 4.68. The number of amides is 2. The van der Waals surface area contributed by atoms with Crippen LogP contribution in [0, 0.1) is 0 Å². The molecule has 0 N–H and O–H groups in total. The zero-order valence-corrected chi connectivity index (χ0v) is 13.7. The van der Waals surface area contributed by atoms with Crippen LogP contribution in [0.4, 0.5) is 0 Å². The van der Waals surface area contributed by atoms with Crippen LogP contribution in [-0.2, 0) is 16.0 Å². The lowest BCUT2D eigenvalue weighted by Crippen LogP contribution is -2.52. The van der Waals surface area contributed by atoms with Gasteiger partial charge < -0.3 is 19.1 Å². The smallest absolute Gasteiger partial charge is 0.276 e. The van der Waals surface area contributed by atoms with E-state index in [9.17, 15) is 9.59 Å². The first-order valence-electron chi connectivity index (χ1n) is 8.22. The lowest BCUT2D eigenvalue weighted by molar-refractivity contribution is -0.154. The number of morpholine rings is 1. The Morgan fingerprint density at radius 2 is 2.17 bits per heavy atom. The third kappa shape index (κ3) is 3.24. The van der Waals surface area contributed by atoms with Gasteiger partial charge in [-0.1, -0.05) is 12.1 Å². The first-order valence-corrected chi connectivity index (χ1v) is 8.22. The van der Waals surface area contributed by atoms with Gasteiger partial charge in [-0.15, -0.1) is 0 Å². The standard InChI is InChI=1S/C16H23N3O4/c1-3-4-11-9-12(17-23-11)16(21)19-7-5-13-14(6-8-19)22-10-15(20)18(13)2/h9,13-14H,3-8,10H2,1-2H3/t13-,14-/m0/s1. The number of hydrogen-bond donors (Lipinski definition) is 0. The van der Waals surface area contributed by atoms with Gasteiger partial charge in [0.2, 0.25) is 5.91 Å². The summed E-state index contributed by atoms with van der Waals surface area (Å²) in [6.07, 6.45) is 3.19. The molecule has 7 nitrogen and oxygen atoms in total. The molecule has 2 amide bonds. The minimum absolute atomic E-state index is 0.00320. The maximum atomic E-state index is 12.6. The van der Waals surface area contributed by atoms with Crippen LogP contribution in [0.1, 0.15) is 42.4 Å². The molecule has 0 bridgehead atoms. The van der Waals surface area contributed by atoms with E-state index in [-0.39, 0.29) is 30.6 Å². The van der Waals surface area contributed by atoms with Crippen molar-refractivity contribution in [1.29, 1.82) is 0 Å². The number of rotatable bonds is 3. The molecule has 3 rings (SSSR count). The Kier molecular flexibility index (Phi) is 4.66. The van der Waals surface area contributed by atoms with Gasteiger partial charge in [-0.25, -0.2) is 0 Å². The predicted molar refractivity (Wildman–Crippen MR) is 81.9 cm³/mol. The maximum Gasteiger partial charge on any atom is 0.276 e. The van der Waals surface area contributed by atoms with Crippen LogP contribution in [0.3, 0.4) is 0 Å². The highest BCUT2D eigenvalue weighted by molar-refractivity contribution is 5.92. The second-order valence-corrected chi connectivity index (χ2v) is 6.22. The average Bonchev–Trinajstić information content (AvgIpc) is 2.89. The fourth-order valence-corrected chi connectivity index (χ4v) is 3.31. The summed E-state index contributed by atoms with van der Waals surface area (Å²) >= 11 is 0. The van der Waals surface area contributed by atoms with Gasteiger partial charge in [0.05, 0.1) is 12.1 Å². The molecule has 2 atom stereocenters. The molecule has 0 saturated carbocycles. The van der Waals surface area contributed by atoms with Crippen LogP contribution >= 0.6 is 0 Å². The quantitative estimate of drug-likeness (QED) is 0.833. The molecule has 3 heterocycles. The molecule has 7 heteroatoms. The Hall–Kier alpha value is -1.89. The zero-order chi connectivity index (χ0) is 16.4. The van der Waals surface area contributed by atoms with Crippen molar-refractivity contribution < 1.29 is 18.8 Å². The minimum Gasteiger partial charge on any atom is -0.366 e. The van der Waals surface area contributed by atoms with Crippen LogP contribution < -0.4 is 0 Å². The molecular weight excluding hydrogens is 298 g/mol. The molecule has 1 aromatic rings. The molecule has 23 heavy (non-hydrogen) atoms. The van der Waals surface area contributed by atoms with Crippen molar-refractivity contribution in [3.63, 3.8) is 0 Å². The molecule has 0 radical (unpaired) electrons. The van der Waals surface area contributed by atoms with Crippen molar-refractivity contribution in [2.75, 3.05) is 26.7 Å². The van der Waals surface area contributed by atoms with Crippen molar-refractivity contribution >= 4 is 11.8 Å². The molecular formula is C16H23N3O4. The minimum atomic E-state index is -0.108. The number of nitrogens with zero attached hydrogens (tertiary/aromatic N) is 3. The zero-order valence-electron chi connectivity index (χ0n) is 13.7. The van der Waals surface area contributed by atoms with E-state index in [0.29, 0.717) is 18.8 Å². The second kappa shape index (κ2) is 6.70. The monoisotopic (exact) mass is 321 g/mol. The first kappa shape index (κ1) is 16.0. The summed E-state index contributed by atoms with van der Waals surface area (Å²) in [5.74, 6) is 0.642. The van der Waals surface area contributed by atoms with E-state index in [4.69, 9.17) is 9.26 Å². The summed E-state index contributed by atoms with van der Waals surface area (Å²) in [5.41, 5.74) is 0.365. The van der Waals surface area contributed by atoms with E-state index in [2.05, 4.69) is 12.1 Å². The van der Waals surface area contributed by atoms with Gasteiger partial charge in [-0.3, -0.25) is 9.59 Å². The van der Waals surface area contributed by atoms with Gasteiger partial charge >= 0.3 is 0 Å². The number of fused-ring (bicyclic) bond motifs is 1. The van der Waals surface area contributed by atoms with Crippen LogP contribution in [0.15, 0.2) is 10.6 Å². The number of hydrogen-bond acceptors (Lipinski definition) is 5. The number of likely N-dealkylation sites (N-methyl/N-ethyl adjacent to an activating group) is 1. The molecule has 2 aliphatic rings. The van der Waals surface area contributed by atoms with E-state index in [0.717, 1.165) is 31.4 Å². The Bertz CT molecular complexity index is 586. The van der Waals surface area contributed by atoms with E-state index in [1.54, 1.807) is 15.9 Å². The molecule has 2 aliphatic heterocycles. The molecule has 0 spiro atoms. The summed E-state index contributed by atoms with van der Waals surface area (Å²) < 4.78 is 10.8. The lowest BCUT2D eigenvalue weighted by Gasteiger charge is -2.37. The van der Waals surface area contributed by atoms with Gasteiger partial charge in [0.25, 0.3) is 5.91 Å². The number of aromatic nitrogens is 1. The number of likely N-dealkylation sites (tertiary alicyclic amines) is 1. The van der Waals surface area contributed by atoms with Gasteiger partial charge in [0, 0.05) is 32.6 Å². The molecule has 126 valence electrons. The summed E-state index contributed by atoms with van der Waals surface area (Å²) in [6.45, 7) is 3.39. The maximum absolute atomic E-state index is 12.6. The Morgan fingerprint density at radius 1 is 1.39 bits per heavy atom. The fraction of sp³-hybridized carbons (Fsp3) is 0.688. The molecule has 2 saturated heterocycles. The SMILES string of the molecule is CCCc1cc(C(=O)N2CC[C@@H]3OCC(=O)N(C)[C@H]3CC2)no1. The van der Waals surface area contributed by atoms with Gasteiger partial charge in [-0.05, 0) is 19.3 Å². The number of aryl methyl sites for hydroxylation is 1. The summed E-state index contributed by atoms with van der Waals surface area (Å²) in [7, 11) is 1.81. The predicted octanol–water partition coefficient (Wildman–Crippen LogP) is 1.09. The van der Waals surface area contributed by atoms with Crippen LogP contribution in [0.2, 0.25) is 0 Å². The summed E-state index contributed by atoms with van der Waals surface area (Å²) in [4.78, 5) is 27.9. The fourth-order valence-electron chi connectivity index (χ4n) is 3.31. The van der Waals surface area contributed by atoms with E-state index in [1.807, 2.05) is 7.05 Å². The van der Waals surface area contributed by atoms with E-state index < -0.39 is 0 Å². The van der Waals surface area contributed by atoms with E-state index >= 15 is 0 Å². The third-order valence-corrected chi connectivity index (χ3v) is 4.68. The van der Waals surface area contributed by atoms with Crippen molar-refractivity contribution in [3.05, 3.63) is 17.5 Å². The highest BCUT2D eigenvalue weighted by Gasteiger charge is 2.37. The molecule has 0 aliphatic carbocycles. The van der Waals surface area contributed by atoms with Crippen molar-refractivity contribution in [1.82, 2.24) is 15.0 Å². The lowest BCUT2D eigenvalue weighted by atomic mass is 10.0. The van der Waals surface area contributed by atoms with E-state index in [1.165, 1.54) is 0 Å². The normalized spacial score (nSPS) is 25.2. The van der Waals surface area contributed by atoms with Gasteiger partial charge in [0.1, 0.15) is 12.4 Å². The Balaban J connectivity index is 1.67. The highest BCUT2D eigenvalue weighted by atomic mass is 16.5. The van der Waals surface area contributed by atoms with Gasteiger partial charge in [0.15, 0.2) is 5.69 Å². The first-order chi connectivity index (χ1) is 11.1. The largest absolute Gasteiger partial charge is 0.366 e. The van der Waals surface area contributed by atoms with Crippen LogP contribution in [0.25, 0.3) is 0 Å². The second-order valence-electron chi connectivity index (χ2n) is 6.22.